The van der Waals surface area contributed by atoms with Gasteiger partial charge in [0.15, 0.2) is 0 Å². The fraction of sp³-hybridized carbons (Fsp3) is 0.889. The molecule has 0 radical (unpaired) electrons. The standard InChI is InChI=1S/C27H52O4/c1-24(2)21-19-17-15-13-11-9-7-6-8-10-12-14-16-18-20-22-25(23-30-29)26(28)31-27(3,4)5/h23-24,29H,6-22H2,1-5H3. The van der Waals surface area contributed by atoms with Crippen molar-refractivity contribution in [3.8, 4) is 0 Å². The molecule has 0 fully saturated rings. The van der Waals surface area contributed by atoms with Crippen LogP contribution >= 0.6 is 0 Å². The summed E-state index contributed by atoms with van der Waals surface area (Å²) in [7, 11) is 0. The predicted molar refractivity (Wildman–Crippen MR) is 131 cm³/mol. The molecule has 0 aromatic heterocycles. The Hall–Kier alpha value is -1.03. The van der Waals surface area contributed by atoms with Gasteiger partial charge in [-0.05, 0) is 39.5 Å². The highest BCUT2D eigenvalue weighted by Crippen LogP contribution is 2.18. The molecule has 0 bridgehead atoms. The molecule has 0 aromatic carbocycles. The first-order valence-electron chi connectivity index (χ1n) is 13.0. The van der Waals surface area contributed by atoms with E-state index in [-0.39, 0.29) is 0 Å². The molecule has 184 valence electrons. The number of carbonyl (C=O) groups excluding carboxylic acids is 1. The molecule has 1 N–H and O–H groups in total. The molecule has 0 aromatic rings. The van der Waals surface area contributed by atoms with Gasteiger partial charge in [0.2, 0.25) is 0 Å². The third kappa shape index (κ3) is 22.0. The Morgan fingerprint density at radius 1 is 0.742 bits per heavy atom. The van der Waals surface area contributed by atoms with Crippen molar-refractivity contribution in [1.82, 2.24) is 0 Å². The number of ether oxygens (including phenoxy) is 1. The summed E-state index contributed by atoms with van der Waals surface area (Å²) < 4.78 is 5.34. The minimum absolute atomic E-state index is 0.396. The van der Waals surface area contributed by atoms with E-state index in [2.05, 4.69) is 18.7 Å². The Morgan fingerprint density at radius 3 is 1.48 bits per heavy atom. The van der Waals surface area contributed by atoms with Crippen LogP contribution in [0.5, 0.6) is 0 Å². The summed E-state index contributed by atoms with van der Waals surface area (Å²) >= 11 is 0. The van der Waals surface area contributed by atoms with Crippen LogP contribution in [0.2, 0.25) is 0 Å². The minimum atomic E-state index is -0.543. The van der Waals surface area contributed by atoms with E-state index in [4.69, 9.17) is 9.99 Å². The van der Waals surface area contributed by atoms with Crippen LogP contribution in [0.15, 0.2) is 11.8 Å². The number of unbranched alkanes of at least 4 members (excludes halogenated alkanes) is 14. The minimum Gasteiger partial charge on any atom is -0.457 e. The summed E-state index contributed by atoms with van der Waals surface area (Å²) in [5, 5.41) is 8.65. The Labute approximate surface area is 193 Å². The fourth-order valence-electron chi connectivity index (χ4n) is 3.78. The second-order valence-corrected chi connectivity index (χ2v) is 10.5. The molecule has 0 aliphatic heterocycles. The van der Waals surface area contributed by atoms with Crippen LogP contribution < -0.4 is 0 Å². The fourth-order valence-corrected chi connectivity index (χ4v) is 3.78. The molecule has 0 saturated carbocycles. The topological polar surface area (TPSA) is 55.8 Å². The van der Waals surface area contributed by atoms with Gasteiger partial charge in [-0.1, -0.05) is 110 Å². The zero-order valence-electron chi connectivity index (χ0n) is 21.3. The molecule has 4 nitrogen and oxygen atoms in total. The highest BCUT2D eigenvalue weighted by Gasteiger charge is 2.20. The van der Waals surface area contributed by atoms with E-state index in [0.717, 1.165) is 25.0 Å². The van der Waals surface area contributed by atoms with Gasteiger partial charge in [-0.2, -0.15) is 0 Å². The van der Waals surface area contributed by atoms with E-state index in [1.54, 1.807) is 0 Å². The van der Waals surface area contributed by atoms with Crippen LogP contribution in [0.3, 0.4) is 0 Å². The number of hydrogen-bond donors (Lipinski definition) is 1. The van der Waals surface area contributed by atoms with Crippen LogP contribution in [-0.4, -0.2) is 16.8 Å². The second-order valence-electron chi connectivity index (χ2n) is 10.5. The lowest BCUT2D eigenvalue weighted by atomic mass is 10.0. The molecule has 0 unspecified atom stereocenters. The number of carbonyl (C=O) groups is 1. The molecule has 0 amide bonds. The Balaban J connectivity index is 3.47. The Morgan fingerprint density at radius 2 is 1.13 bits per heavy atom. The third-order valence-electron chi connectivity index (χ3n) is 5.58. The summed E-state index contributed by atoms with van der Waals surface area (Å²) in [6, 6.07) is 0. The Bertz CT molecular complexity index is 449. The zero-order valence-corrected chi connectivity index (χ0v) is 21.3. The second kappa shape index (κ2) is 19.6. The monoisotopic (exact) mass is 440 g/mol. The van der Waals surface area contributed by atoms with Crippen molar-refractivity contribution < 1.29 is 19.7 Å². The van der Waals surface area contributed by atoms with Crippen LogP contribution in [-0.2, 0) is 14.4 Å². The highest BCUT2D eigenvalue weighted by molar-refractivity contribution is 5.88. The molecule has 0 aliphatic carbocycles. The number of esters is 1. The van der Waals surface area contributed by atoms with Crippen molar-refractivity contribution in [1.29, 1.82) is 0 Å². The molecular formula is C27H52O4. The molecule has 0 heterocycles. The molecular weight excluding hydrogens is 388 g/mol. The normalized spacial score (nSPS) is 12.4. The van der Waals surface area contributed by atoms with Crippen LogP contribution in [0.1, 0.15) is 144 Å². The van der Waals surface area contributed by atoms with E-state index < -0.39 is 11.6 Å². The van der Waals surface area contributed by atoms with Gasteiger partial charge in [-0.15, -0.1) is 0 Å². The molecule has 0 atom stereocenters. The molecule has 4 heteroatoms. The zero-order chi connectivity index (χ0) is 23.4. The molecule has 0 spiro atoms. The van der Waals surface area contributed by atoms with Gasteiger partial charge < -0.3 is 9.62 Å². The Kier molecular flexibility index (Phi) is 19.0. The van der Waals surface area contributed by atoms with Crippen molar-refractivity contribution in [2.75, 3.05) is 0 Å². The number of rotatable bonds is 20. The molecule has 0 saturated heterocycles. The maximum absolute atomic E-state index is 12.1. The summed E-state index contributed by atoms with van der Waals surface area (Å²) in [6.07, 6.45) is 22.8. The van der Waals surface area contributed by atoms with Crippen molar-refractivity contribution in [3.63, 3.8) is 0 Å². The summed E-state index contributed by atoms with van der Waals surface area (Å²) in [4.78, 5) is 16.1. The van der Waals surface area contributed by atoms with E-state index in [1.807, 2.05) is 20.8 Å². The van der Waals surface area contributed by atoms with E-state index in [0.29, 0.717) is 12.0 Å². The summed E-state index contributed by atoms with van der Waals surface area (Å²) in [5.41, 5.74) is -0.147. The lowest BCUT2D eigenvalue weighted by Gasteiger charge is -2.20. The van der Waals surface area contributed by atoms with Gasteiger partial charge in [0.1, 0.15) is 11.9 Å². The van der Waals surface area contributed by atoms with E-state index in [9.17, 15) is 4.79 Å². The summed E-state index contributed by atoms with van der Waals surface area (Å²) in [6.45, 7) is 10.1. The molecule has 0 rings (SSSR count). The quantitative estimate of drug-likeness (QED) is 0.0512. The van der Waals surface area contributed by atoms with Crippen molar-refractivity contribution in [2.24, 2.45) is 5.92 Å². The van der Waals surface area contributed by atoms with Gasteiger partial charge in [-0.3, -0.25) is 0 Å². The first-order chi connectivity index (χ1) is 14.8. The summed E-state index contributed by atoms with van der Waals surface area (Å²) in [5.74, 6) is 0.453. The van der Waals surface area contributed by atoms with Crippen LogP contribution in [0.4, 0.5) is 0 Å². The van der Waals surface area contributed by atoms with Gasteiger partial charge in [0.25, 0.3) is 0 Å². The number of hydrogen-bond acceptors (Lipinski definition) is 4. The lowest BCUT2D eigenvalue weighted by molar-refractivity contribution is -0.189. The van der Waals surface area contributed by atoms with E-state index in [1.165, 1.54) is 89.9 Å². The highest BCUT2D eigenvalue weighted by atomic mass is 17.1. The predicted octanol–water partition coefficient (Wildman–Crippen LogP) is 8.99. The smallest absolute Gasteiger partial charge is 0.337 e. The lowest BCUT2D eigenvalue weighted by Crippen LogP contribution is -2.25. The van der Waals surface area contributed by atoms with E-state index >= 15 is 0 Å². The van der Waals surface area contributed by atoms with Gasteiger partial charge in [0, 0.05) is 0 Å². The molecule has 31 heavy (non-hydrogen) atoms. The average Bonchev–Trinajstić information content (AvgIpc) is 2.67. The first kappa shape index (κ1) is 30.0. The maximum atomic E-state index is 12.1. The molecule has 0 aliphatic rings. The van der Waals surface area contributed by atoms with Crippen molar-refractivity contribution in [3.05, 3.63) is 11.8 Å². The maximum Gasteiger partial charge on any atom is 0.337 e. The van der Waals surface area contributed by atoms with Gasteiger partial charge in [0.05, 0.1) is 5.57 Å². The third-order valence-corrected chi connectivity index (χ3v) is 5.58. The van der Waals surface area contributed by atoms with Gasteiger partial charge >= 0.3 is 5.97 Å². The largest absolute Gasteiger partial charge is 0.457 e. The first-order valence-corrected chi connectivity index (χ1v) is 13.0. The SMILES string of the molecule is CC(C)CCCCCCCCCCCCCCCCCC(=COO)C(=O)OC(C)(C)C. The average molecular weight is 441 g/mol. The van der Waals surface area contributed by atoms with Crippen molar-refractivity contribution >= 4 is 5.97 Å². The van der Waals surface area contributed by atoms with Crippen LogP contribution in [0, 0.1) is 5.92 Å². The van der Waals surface area contributed by atoms with Crippen molar-refractivity contribution in [2.45, 2.75) is 149 Å². The van der Waals surface area contributed by atoms with Gasteiger partial charge in [-0.25, -0.2) is 10.1 Å². The van der Waals surface area contributed by atoms with Crippen LogP contribution in [0.25, 0.3) is 0 Å².